The molecule has 0 amide bonds. The maximum Gasteiger partial charge on any atom is 0.328 e. The number of benzene rings is 1. The number of hydrogen-bond acceptors (Lipinski definition) is 5. The fourth-order valence-corrected chi connectivity index (χ4v) is 2.85. The monoisotopic (exact) mass is 278 g/mol. The Hall–Kier alpha value is -1.62. The molecular weight excluding hydrogens is 260 g/mol. The highest BCUT2D eigenvalue weighted by Crippen LogP contribution is 2.27. The van der Waals surface area contributed by atoms with Crippen LogP contribution in [-0.4, -0.2) is 24.1 Å². The lowest BCUT2D eigenvalue weighted by atomic mass is 10.1. The largest absolute Gasteiger partial charge is 0.467 e. The number of esters is 1. The number of rotatable bonds is 4. The van der Waals surface area contributed by atoms with Crippen LogP contribution in [0.1, 0.15) is 19.4 Å². The van der Waals surface area contributed by atoms with Crippen LogP contribution in [0.3, 0.4) is 0 Å². The molecule has 0 bridgehead atoms. The highest BCUT2D eigenvalue weighted by atomic mass is 32.1. The number of fused-ring (bicyclic) bond motifs is 1. The number of nitrogens with one attached hydrogen (secondary N) is 1. The molecule has 2 rings (SSSR count). The molecule has 0 aliphatic heterocycles. The fourth-order valence-electron chi connectivity index (χ4n) is 1.85. The normalized spacial score (nSPS) is 12.7. The SMILES string of the molecule is COC(=O)C(Nc1nc2ccc(C)cc2s1)C(C)C. The molecule has 4 nitrogen and oxygen atoms in total. The first-order valence-electron chi connectivity index (χ1n) is 6.23. The summed E-state index contributed by atoms with van der Waals surface area (Å²) in [5.74, 6) is -0.119. The van der Waals surface area contributed by atoms with Gasteiger partial charge < -0.3 is 10.1 Å². The smallest absolute Gasteiger partial charge is 0.328 e. The molecule has 19 heavy (non-hydrogen) atoms. The second-order valence-corrected chi connectivity index (χ2v) is 5.91. The average Bonchev–Trinajstić information content (AvgIpc) is 2.76. The van der Waals surface area contributed by atoms with Gasteiger partial charge in [0.25, 0.3) is 0 Å². The van der Waals surface area contributed by atoms with Gasteiger partial charge in [0.2, 0.25) is 0 Å². The Balaban J connectivity index is 2.26. The Kier molecular flexibility index (Phi) is 4.04. The second-order valence-electron chi connectivity index (χ2n) is 4.88. The van der Waals surface area contributed by atoms with E-state index in [1.807, 2.05) is 26.0 Å². The molecule has 1 atom stereocenters. The molecule has 0 saturated heterocycles. The lowest BCUT2D eigenvalue weighted by molar-refractivity contribution is -0.142. The van der Waals surface area contributed by atoms with Crippen molar-refractivity contribution in [2.24, 2.45) is 5.92 Å². The van der Waals surface area contributed by atoms with Crippen molar-refractivity contribution >= 4 is 32.7 Å². The van der Waals surface area contributed by atoms with Crippen LogP contribution in [0.15, 0.2) is 18.2 Å². The summed E-state index contributed by atoms with van der Waals surface area (Å²) in [6, 6.07) is 5.76. The first-order chi connectivity index (χ1) is 9.01. The Morgan fingerprint density at radius 2 is 2.16 bits per heavy atom. The average molecular weight is 278 g/mol. The number of aryl methyl sites for hydroxylation is 1. The van der Waals surface area contributed by atoms with Gasteiger partial charge in [-0.3, -0.25) is 0 Å². The lowest BCUT2D eigenvalue weighted by Crippen LogP contribution is -2.35. The summed E-state index contributed by atoms with van der Waals surface area (Å²) in [5.41, 5.74) is 2.15. The molecule has 0 fully saturated rings. The topological polar surface area (TPSA) is 51.2 Å². The van der Waals surface area contributed by atoms with Crippen molar-refractivity contribution in [2.75, 3.05) is 12.4 Å². The number of anilines is 1. The van der Waals surface area contributed by atoms with Gasteiger partial charge in [-0.1, -0.05) is 31.3 Å². The number of carbonyl (C=O) groups excluding carboxylic acids is 1. The van der Waals surface area contributed by atoms with Crippen LogP contribution in [0.4, 0.5) is 5.13 Å². The molecule has 1 heterocycles. The Bertz CT molecular complexity index is 592. The molecule has 2 aromatic rings. The lowest BCUT2D eigenvalue weighted by Gasteiger charge is -2.18. The van der Waals surface area contributed by atoms with E-state index in [1.165, 1.54) is 12.7 Å². The number of methoxy groups -OCH3 is 1. The van der Waals surface area contributed by atoms with Crippen LogP contribution >= 0.6 is 11.3 Å². The predicted molar refractivity (Wildman–Crippen MR) is 78.6 cm³/mol. The number of nitrogens with zero attached hydrogens (tertiary/aromatic N) is 1. The van der Waals surface area contributed by atoms with Crippen LogP contribution in [0.25, 0.3) is 10.2 Å². The van der Waals surface area contributed by atoms with E-state index in [0.717, 1.165) is 15.3 Å². The van der Waals surface area contributed by atoms with Crippen molar-refractivity contribution in [2.45, 2.75) is 26.8 Å². The van der Waals surface area contributed by atoms with Gasteiger partial charge >= 0.3 is 5.97 Å². The number of aromatic nitrogens is 1. The third-order valence-corrected chi connectivity index (χ3v) is 3.89. The van der Waals surface area contributed by atoms with Gasteiger partial charge in [0.1, 0.15) is 6.04 Å². The highest BCUT2D eigenvalue weighted by molar-refractivity contribution is 7.22. The third-order valence-electron chi connectivity index (χ3n) is 2.94. The molecule has 1 aromatic carbocycles. The maximum atomic E-state index is 11.7. The second kappa shape index (κ2) is 5.57. The minimum absolute atomic E-state index is 0.140. The summed E-state index contributed by atoms with van der Waals surface area (Å²) >= 11 is 1.56. The minimum atomic E-state index is -0.369. The summed E-state index contributed by atoms with van der Waals surface area (Å²) in [6.45, 7) is 6.01. The molecule has 0 aliphatic carbocycles. The first-order valence-corrected chi connectivity index (χ1v) is 7.04. The molecule has 1 aromatic heterocycles. The van der Waals surface area contributed by atoms with Crippen LogP contribution in [0, 0.1) is 12.8 Å². The molecule has 0 aliphatic rings. The molecule has 0 radical (unpaired) electrons. The van der Waals surface area contributed by atoms with Gasteiger partial charge in [0.05, 0.1) is 17.3 Å². The maximum absolute atomic E-state index is 11.7. The highest BCUT2D eigenvalue weighted by Gasteiger charge is 2.23. The first kappa shape index (κ1) is 13.8. The zero-order chi connectivity index (χ0) is 14.0. The number of hydrogen-bond donors (Lipinski definition) is 1. The van der Waals surface area contributed by atoms with Gasteiger partial charge in [-0.15, -0.1) is 0 Å². The minimum Gasteiger partial charge on any atom is -0.467 e. The summed E-state index contributed by atoms with van der Waals surface area (Å²) in [5, 5.41) is 3.93. The molecule has 0 spiro atoms. The molecular formula is C14H18N2O2S. The standard InChI is InChI=1S/C14H18N2O2S/c1-8(2)12(13(17)18-4)16-14-15-10-6-5-9(3)7-11(10)19-14/h5-8,12H,1-4H3,(H,15,16). The molecule has 102 valence electrons. The third kappa shape index (κ3) is 3.04. The van der Waals surface area contributed by atoms with Crippen molar-refractivity contribution in [3.63, 3.8) is 0 Å². The van der Waals surface area contributed by atoms with Gasteiger partial charge in [-0.25, -0.2) is 9.78 Å². The van der Waals surface area contributed by atoms with E-state index in [0.29, 0.717) is 0 Å². The van der Waals surface area contributed by atoms with E-state index >= 15 is 0 Å². The molecule has 1 unspecified atom stereocenters. The summed E-state index contributed by atoms with van der Waals surface area (Å²) in [6.07, 6.45) is 0. The van der Waals surface area contributed by atoms with Gasteiger partial charge in [-0.05, 0) is 30.5 Å². The van der Waals surface area contributed by atoms with Crippen LogP contribution in [0.2, 0.25) is 0 Å². The number of ether oxygens (including phenoxy) is 1. The zero-order valence-electron chi connectivity index (χ0n) is 11.6. The van der Waals surface area contributed by atoms with E-state index in [2.05, 4.69) is 23.3 Å². The van der Waals surface area contributed by atoms with Gasteiger partial charge in [0, 0.05) is 0 Å². The Morgan fingerprint density at radius 3 is 2.79 bits per heavy atom. The number of thiazole rings is 1. The van der Waals surface area contributed by atoms with E-state index in [9.17, 15) is 4.79 Å². The van der Waals surface area contributed by atoms with E-state index < -0.39 is 0 Å². The number of carbonyl (C=O) groups is 1. The molecule has 5 heteroatoms. The summed E-state index contributed by atoms with van der Waals surface area (Å²) in [7, 11) is 1.40. The predicted octanol–water partition coefficient (Wildman–Crippen LogP) is 3.21. The van der Waals surface area contributed by atoms with Gasteiger partial charge in [-0.2, -0.15) is 0 Å². The van der Waals surface area contributed by atoms with Crippen molar-refractivity contribution < 1.29 is 9.53 Å². The van der Waals surface area contributed by atoms with Crippen LogP contribution in [-0.2, 0) is 9.53 Å². The van der Waals surface area contributed by atoms with Crippen LogP contribution < -0.4 is 5.32 Å². The Labute approximate surface area is 116 Å². The van der Waals surface area contributed by atoms with Crippen molar-refractivity contribution in [3.05, 3.63) is 23.8 Å². The van der Waals surface area contributed by atoms with Crippen molar-refractivity contribution in [1.29, 1.82) is 0 Å². The van der Waals surface area contributed by atoms with Crippen LogP contribution in [0.5, 0.6) is 0 Å². The quantitative estimate of drug-likeness (QED) is 0.872. The fraction of sp³-hybridized carbons (Fsp3) is 0.429. The Morgan fingerprint density at radius 1 is 1.42 bits per heavy atom. The van der Waals surface area contributed by atoms with E-state index in [1.54, 1.807) is 11.3 Å². The van der Waals surface area contributed by atoms with E-state index in [4.69, 9.17) is 4.74 Å². The summed E-state index contributed by atoms with van der Waals surface area (Å²) < 4.78 is 5.93. The van der Waals surface area contributed by atoms with Crippen molar-refractivity contribution in [1.82, 2.24) is 4.98 Å². The summed E-state index contributed by atoms with van der Waals surface area (Å²) in [4.78, 5) is 16.2. The van der Waals surface area contributed by atoms with Gasteiger partial charge in [0.15, 0.2) is 5.13 Å². The van der Waals surface area contributed by atoms with Crippen molar-refractivity contribution in [3.8, 4) is 0 Å². The zero-order valence-corrected chi connectivity index (χ0v) is 12.4. The molecule has 1 N–H and O–H groups in total. The molecule has 0 saturated carbocycles. The van der Waals surface area contributed by atoms with E-state index in [-0.39, 0.29) is 17.9 Å².